The van der Waals surface area contributed by atoms with E-state index in [9.17, 15) is 9.59 Å². The van der Waals surface area contributed by atoms with Crippen LogP contribution in [0, 0.1) is 0 Å². The van der Waals surface area contributed by atoms with Crippen LogP contribution >= 0.6 is 34.7 Å². The summed E-state index contributed by atoms with van der Waals surface area (Å²) in [6, 6.07) is 3.38. The van der Waals surface area contributed by atoms with Crippen molar-refractivity contribution in [3.05, 3.63) is 44.3 Å². The maximum atomic E-state index is 12.5. The molecule has 1 amide bonds. The number of fused-ring (bicyclic) bond motifs is 3. The fourth-order valence-electron chi connectivity index (χ4n) is 3.01. The first-order chi connectivity index (χ1) is 12.6. The molecule has 0 saturated heterocycles. The Morgan fingerprint density at radius 1 is 1.38 bits per heavy atom. The third-order valence-corrected chi connectivity index (χ3v) is 6.54. The van der Waals surface area contributed by atoms with Crippen LogP contribution in [0.1, 0.15) is 23.3 Å². The van der Waals surface area contributed by atoms with Gasteiger partial charge in [-0.15, -0.1) is 11.3 Å². The number of thiophene rings is 1. The highest BCUT2D eigenvalue weighted by molar-refractivity contribution is 7.99. The van der Waals surface area contributed by atoms with Crippen LogP contribution < -0.4 is 10.9 Å². The van der Waals surface area contributed by atoms with Gasteiger partial charge in [0.15, 0.2) is 10.3 Å². The average molecular weight is 407 g/mol. The Kier molecular flexibility index (Phi) is 4.97. The topological polar surface area (TPSA) is 87.7 Å². The van der Waals surface area contributed by atoms with Gasteiger partial charge in [-0.3, -0.25) is 9.59 Å². The van der Waals surface area contributed by atoms with E-state index in [4.69, 9.17) is 11.6 Å². The van der Waals surface area contributed by atoms with E-state index < -0.39 is 0 Å². The van der Waals surface area contributed by atoms with Crippen LogP contribution in [0.25, 0.3) is 10.2 Å². The Hall–Kier alpha value is -1.90. The number of nitrogens with zero attached hydrogens (tertiary/aromatic N) is 2. The summed E-state index contributed by atoms with van der Waals surface area (Å²) >= 11 is 8.72. The lowest BCUT2D eigenvalue weighted by molar-refractivity contribution is -0.113. The van der Waals surface area contributed by atoms with Gasteiger partial charge in [-0.1, -0.05) is 23.4 Å². The molecule has 1 aliphatic carbocycles. The zero-order valence-corrected chi connectivity index (χ0v) is 16.1. The van der Waals surface area contributed by atoms with Gasteiger partial charge in [0.25, 0.3) is 5.56 Å². The Balaban J connectivity index is 1.50. The Morgan fingerprint density at radius 2 is 2.23 bits per heavy atom. The number of aromatic nitrogens is 3. The fourth-order valence-corrected chi connectivity index (χ4v) is 5.16. The first kappa shape index (κ1) is 17.5. The highest BCUT2D eigenvalue weighted by Crippen LogP contribution is 2.34. The maximum absolute atomic E-state index is 12.5. The van der Waals surface area contributed by atoms with Gasteiger partial charge in [0.1, 0.15) is 4.83 Å². The summed E-state index contributed by atoms with van der Waals surface area (Å²) in [6.07, 6.45) is 5.80. The number of pyridine rings is 1. The second kappa shape index (κ2) is 7.38. The molecule has 0 bridgehead atoms. The van der Waals surface area contributed by atoms with Crippen LogP contribution in [0.15, 0.2) is 28.3 Å². The van der Waals surface area contributed by atoms with E-state index in [2.05, 4.69) is 20.3 Å². The first-order valence-corrected chi connectivity index (χ1v) is 10.4. The van der Waals surface area contributed by atoms with E-state index in [1.165, 1.54) is 16.6 Å². The molecule has 134 valence electrons. The fraction of sp³-hybridized carbons (Fsp3) is 0.294. The number of aromatic amines is 1. The van der Waals surface area contributed by atoms with Crippen LogP contribution in [0.4, 0.5) is 5.69 Å². The number of hydrogen-bond donors (Lipinski definition) is 2. The quantitative estimate of drug-likeness (QED) is 0.392. The Labute approximate surface area is 162 Å². The summed E-state index contributed by atoms with van der Waals surface area (Å²) in [4.78, 5) is 37.9. The second-order valence-electron chi connectivity index (χ2n) is 5.94. The number of hydrogen-bond acceptors (Lipinski definition) is 6. The Bertz CT molecular complexity index is 1050. The molecule has 0 aliphatic heterocycles. The summed E-state index contributed by atoms with van der Waals surface area (Å²) in [5.41, 5.74) is 1.50. The minimum Gasteiger partial charge on any atom is -0.323 e. The number of nitrogens with one attached hydrogen (secondary N) is 2. The number of halogens is 1. The van der Waals surface area contributed by atoms with Crippen molar-refractivity contribution in [2.45, 2.75) is 30.8 Å². The molecule has 3 heterocycles. The van der Waals surface area contributed by atoms with Gasteiger partial charge in [-0.25, -0.2) is 9.97 Å². The molecule has 0 unspecified atom stereocenters. The van der Waals surface area contributed by atoms with Crippen LogP contribution in [0.5, 0.6) is 0 Å². The van der Waals surface area contributed by atoms with E-state index in [-0.39, 0.29) is 22.4 Å². The number of thioether (sulfide) groups is 1. The number of carbonyl (C=O) groups is 1. The largest absolute Gasteiger partial charge is 0.323 e. The highest BCUT2D eigenvalue weighted by atomic mass is 35.5. The third-order valence-electron chi connectivity index (χ3n) is 4.18. The maximum Gasteiger partial charge on any atom is 0.260 e. The van der Waals surface area contributed by atoms with Gasteiger partial charge in [-0.05, 0) is 43.4 Å². The monoisotopic (exact) mass is 406 g/mol. The summed E-state index contributed by atoms with van der Waals surface area (Å²) in [7, 11) is 0. The summed E-state index contributed by atoms with van der Waals surface area (Å²) < 4.78 is 0. The average Bonchev–Trinajstić information content (AvgIpc) is 3.01. The molecule has 3 aromatic rings. The van der Waals surface area contributed by atoms with Crippen molar-refractivity contribution in [3.63, 3.8) is 0 Å². The predicted octanol–water partition coefficient (Wildman–Crippen LogP) is 3.64. The molecule has 0 radical (unpaired) electrons. The molecule has 9 heteroatoms. The van der Waals surface area contributed by atoms with Crippen LogP contribution in [0.3, 0.4) is 0 Å². The number of rotatable bonds is 4. The normalized spacial score (nSPS) is 13.6. The van der Waals surface area contributed by atoms with E-state index in [1.54, 1.807) is 29.7 Å². The first-order valence-electron chi connectivity index (χ1n) is 8.19. The molecule has 0 spiro atoms. The molecular weight excluding hydrogens is 392 g/mol. The lowest BCUT2D eigenvalue weighted by Crippen LogP contribution is -2.16. The van der Waals surface area contributed by atoms with Crippen molar-refractivity contribution in [2.24, 2.45) is 0 Å². The lowest BCUT2D eigenvalue weighted by Gasteiger charge is -2.09. The van der Waals surface area contributed by atoms with Gasteiger partial charge in [0.2, 0.25) is 5.91 Å². The smallest absolute Gasteiger partial charge is 0.260 e. The number of carbonyl (C=O) groups excluding carboxylic acids is 1. The number of H-pyrrole nitrogens is 1. The summed E-state index contributed by atoms with van der Waals surface area (Å²) in [6.45, 7) is 0. The van der Waals surface area contributed by atoms with Crippen molar-refractivity contribution in [3.8, 4) is 0 Å². The number of anilines is 1. The van der Waals surface area contributed by atoms with Crippen LogP contribution in [-0.2, 0) is 17.6 Å². The summed E-state index contributed by atoms with van der Waals surface area (Å²) in [5, 5.41) is 4.11. The molecule has 0 saturated carbocycles. The summed E-state index contributed by atoms with van der Waals surface area (Å²) in [5.74, 6) is -0.122. The van der Waals surface area contributed by atoms with Crippen molar-refractivity contribution < 1.29 is 4.79 Å². The molecule has 1 aliphatic rings. The lowest BCUT2D eigenvalue weighted by atomic mass is 9.97. The van der Waals surface area contributed by atoms with Crippen LogP contribution in [-0.4, -0.2) is 26.6 Å². The third kappa shape index (κ3) is 3.49. The van der Waals surface area contributed by atoms with Crippen molar-refractivity contribution in [1.82, 2.24) is 15.0 Å². The van der Waals surface area contributed by atoms with Crippen molar-refractivity contribution in [2.75, 3.05) is 11.1 Å². The standard InChI is InChI=1S/C17H15ClN4O2S2/c18-14-10(5-3-7-19-14)20-12(23)8-25-17-21-15(24)13-9-4-1-2-6-11(9)26-16(13)22-17/h3,5,7H,1-2,4,6,8H2,(H,20,23)(H,21,22,24). The van der Waals surface area contributed by atoms with Gasteiger partial charge in [-0.2, -0.15) is 0 Å². The number of aryl methyl sites for hydroxylation is 2. The van der Waals surface area contributed by atoms with E-state index in [0.29, 0.717) is 10.8 Å². The molecular formula is C17H15ClN4O2S2. The molecule has 26 heavy (non-hydrogen) atoms. The molecule has 0 aromatic carbocycles. The molecule has 2 N–H and O–H groups in total. The molecule has 3 aromatic heterocycles. The van der Waals surface area contributed by atoms with Gasteiger partial charge in [0, 0.05) is 11.1 Å². The zero-order valence-electron chi connectivity index (χ0n) is 13.7. The van der Waals surface area contributed by atoms with Crippen molar-refractivity contribution >= 4 is 56.5 Å². The van der Waals surface area contributed by atoms with Gasteiger partial charge < -0.3 is 10.3 Å². The van der Waals surface area contributed by atoms with Gasteiger partial charge >= 0.3 is 0 Å². The number of amides is 1. The van der Waals surface area contributed by atoms with E-state index >= 15 is 0 Å². The van der Waals surface area contributed by atoms with Crippen molar-refractivity contribution in [1.29, 1.82) is 0 Å². The van der Waals surface area contributed by atoms with Crippen LogP contribution in [0.2, 0.25) is 5.15 Å². The minimum absolute atomic E-state index is 0.116. The molecule has 0 atom stereocenters. The van der Waals surface area contributed by atoms with E-state index in [1.807, 2.05) is 0 Å². The predicted molar refractivity (Wildman–Crippen MR) is 105 cm³/mol. The zero-order chi connectivity index (χ0) is 18.1. The molecule has 6 nitrogen and oxygen atoms in total. The minimum atomic E-state index is -0.238. The second-order valence-corrected chi connectivity index (χ2v) is 8.35. The Morgan fingerprint density at radius 3 is 3.08 bits per heavy atom. The van der Waals surface area contributed by atoms with E-state index in [0.717, 1.165) is 41.5 Å². The molecule has 4 rings (SSSR count). The molecule has 0 fully saturated rings. The highest BCUT2D eigenvalue weighted by Gasteiger charge is 2.20. The van der Waals surface area contributed by atoms with Gasteiger partial charge in [0.05, 0.1) is 16.8 Å². The SMILES string of the molecule is O=C(CSc1nc2sc3c(c2c(=O)[nH]1)CCCC3)Nc1cccnc1Cl.